The fourth-order valence-electron chi connectivity index (χ4n) is 6.21. The number of carbonyl (C=O) groups is 4. The predicted octanol–water partition coefficient (Wildman–Crippen LogP) is 5.20. The molecule has 3 aromatic carbocycles. The number of tetrazole rings is 1. The Morgan fingerprint density at radius 1 is 0.922 bits per heavy atom. The highest BCUT2D eigenvalue weighted by Crippen LogP contribution is 2.29. The summed E-state index contributed by atoms with van der Waals surface area (Å²) < 4.78 is 5.34. The smallest absolute Gasteiger partial charge is 0.407 e. The third-order valence-electron chi connectivity index (χ3n) is 8.96. The van der Waals surface area contributed by atoms with Gasteiger partial charge in [0.25, 0.3) is 5.91 Å². The lowest BCUT2D eigenvalue weighted by Gasteiger charge is -2.29. The van der Waals surface area contributed by atoms with E-state index < -0.39 is 17.7 Å². The second-order valence-electron chi connectivity index (χ2n) is 14.0. The molecule has 1 fully saturated rings. The van der Waals surface area contributed by atoms with Gasteiger partial charge in [-0.15, -0.1) is 10.2 Å². The van der Waals surface area contributed by atoms with Gasteiger partial charge in [0.2, 0.25) is 17.6 Å². The second kappa shape index (κ2) is 16.4. The Bertz CT molecular complexity index is 1810. The summed E-state index contributed by atoms with van der Waals surface area (Å²) in [5, 5.41) is 25.5. The van der Waals surface area contributed by atoms with Gasteiger partial charge in [-0.25, -0.2) is 4.79 Å². The van der Waals surface area contributed by atoms with Crippen molar-refractivity contribution in [2.45, 2.75) is 71.4 Å². The zero-order valence-electron chi connectivity index (χ0n) is 29.7. The van der Waals surface area contributed by atoms with E-state index >= 15 is 0 Å². The highest BCUT2D eigenvalue weighted by molar-refractivity contribution is 5.98. The molecule has 268 valence electrons. The normalized spacial score (nSPS) is 16.4. The Kier molecular flexibility index (Phi) is 11.8. The van der Waals surface area contributed by atoms with Crippen molar-refractivity contribution >= 4 is 29.5 Å². The summed E-state index contributed by atoms with van der Waals surface area (Å²) >= 11 is 0. The third-order valence-corrected chi connectivity index (χ3v) is 8.96. The second-order valence-corrected chi connectivity index (χ2v) is 14.0. The van der Waals surface area contributed by atoms with Crippen molar-refractivity contribution in [2.24, 2.45) is 11.8 Å². The first-order valence-corrected chi connectivity index (χ1v) is 17.2. The number of ether oxygens (including phenoxy) is 1. The number of anilines is 1. The number of nitrogens with one attached hydrogen (secondary N) is 5. The molecule has 1 unspecified atom stereocenters. The molecule has 5 N–H and O–H groups in total. The van der Waals surface area contributed by atoms with Gasteiger partial charge < -0.3 is 26.0 Å². The van der Waals surface area contributed by atoms with E-state index in [-0.39, 0.29) is 36.0 Å². The van der Waals surface area contributed by atoms with Crippen molar-refractivity contribution in [3.05, 3.63) is 83.4 Å². The molecule has 0 bridgehead atoms. The number of rotatable bonds is 11. The molecule has 13 nitrogen and oxygen atoms in total. The van der Waals surface area contributed by atoms with E-state index in [1.165, 1.54) is 0 Å². The van der Waals surface area contributed by atoms with E-state index in [2.05, 4.69) is 41.9 Å². The molecule has 1 aliphatic rings. The van der Waals surface area contributed by atoms with E-state index in [0.717, 1.165) is 40.7 Å². The van der Waals surface area contributed by atoms with Crippen LogP contribution in [0.25, 0.3) is 22.5 Å². The van der Waals surface area contributed by atoms with Gasteiger partial charge in [0.15, 0.2) is 0 Å². The first-order valence-electron chi connectivity index (χ1n) is 17.2. The van der Waals surface area contributed by atoms with Crippen LogP contribution >= 0.6 is 0 Å². The lowest BCUT2D eigenvalue weighted by Crippen LogP contribution is -2.48. The van der Waals surface area contributed by atoms with Crippen LogP contribution < -0.4 is 21.3 Å². The summed E-state index contributed by atoms with van der Waals surface area (Å²) in [5.74, 6) is -0.194. The van der Waals surface area contributed by atoms with Crippen LogP contribution in [0.2, 0.25) is 0 Å². The highest BCUT2D eigenvalue weighted by atomic mass is 16.6. The van der Waals surface area contributed by atoms with Crippen molar-refractivity contribution in [3.63, 3.8) is 0 Å². The molecule has 1 aromatic heterocycles. The number of hydrogen-bond donors (Lipinski definition) is 5. The van der Waals surface area contributed by atoms with Crippen LogP contribution in [0.4, 0.5) is 10.5 Å². The standard InChI is InChI=1S/C38H46N8O5/c1-23-20-29(34(47)39-5)16-19-31(23)26-10-6-24(7-11-26)21-32(36(49)41-30-17-14-27(15-18-30)33-43-45-46-44-33)42-35(48)28-12-8-25(9-13-28)22-40-37(50)51-38(2,3)4/h6-7,10-11,14-20,25,28,32H,8-9,12-13,21-22H2,1-5H3,(H,39,47)(H,40,50)(H,41,49)(H,42,48)(H,43,44,45,46). The van der Waals surface area contributed by atoms with Gasteiger partial charge in [-0.3, -0.25) is 14.4 Å². The SMILES string of the molecule is CNC(=O)c1ccc(-c2ccc(CC(NC(=O)C3CCC(CNC(=O)OC(C)(C)C)CC3)C(=O)Nc3ccc(-c4nn[nH]n4)cc3)cc2)c(C)c1. The number of alkyl carbamates (subject to hydrolysis) is 1. The first-order chi connectivity index (χ1) is 24.4. The highest BCUT2D eigenvalue weighted by Gasteiger charge is 2.30. The Labute approximate surface area is 297 Å². The molecule has 4 aromatic rings. The lowest BCUT2D eigenvalue weighted by molar-refractivity contribution is -0.130. The molecule has 13 heteroatoms. The van der Waals surface area contributed by atoms with Gasteiger partial charge in [0.1, 0.15) is 11.6 Å². The van der Waals surface area contributed by atoms with Gasteiger partial charge >= 0.3 is 6.09 Å². The summed E-state index contributed by atoms with van der Waals surface area (Å²) in [6.45, 7) is 7.93. The average molecular weight is 695 g/mol. The van der Waals surface area contributed by atoms with E-state index in [1.807, 2.05) is 64.1 Å². The quantitative estimate of drug-likeness (QED) is 0.142. The molecule has 0 radical (unpaired) electrons. The number of carbonyl (C=O) groups excluding carboxylic acids is 4. The Morgan fingerprint density at radius 3 is 2.22 bits per heavy atom. The molecule has 5 rings (SSSR count). The number of amides is 4. The lowest BCUT2D eigenvalue weighted by atomic mass is 9.81. The minimum atomic E-state index is -0.833. The predicted molar refractivity (Wildman–Crippen MR) is 194 cm³/mol. The fourth-order valence-corrected chi connectivity index (χ4v) is 6.21. The molecule has 0 saturated heterocycles. The van der Waals surface area contributed by atoms with E-state index in [1.54, 1.807) is 37.4 Å². The summed E-state index contributed by atoms with van der Waals surface area (Å²) in [5.41, 5.74) is 5.15. The maximum Gasteiger partial charge on any atom is 0.407 e. The molecular weight excluding hydrogens is 648 g/mol. The van der Waals surface area contributed by atoms with Crippen LogP contribution in [0.1, 0.15) is 67.9 Å². The molecule has 51 heavy (non-hydrogen) atoms. The minimum Gasteiger partial charge on any atom is -0.444 e. The number of aromatic amines is 1. The summed E-state index contributed by atoms with van der Waals surface area (Å²) in [6, 6.07) is 19.7. The Morgan fingerprint density at radius 2 is 1.61 bits per heavy atom. The van der Waals surface area contributed by atoms with E-state index in [4.69, 9.17) is 4.74 Å². The van der Waals surface area contributed by atoms with Crippen molar-refractivity contribution in [3.8, 4) is 22.5 Å². The maximum atomic E-state index is 13.7. The molecule has 0 spiro atoms. The maximum absolute atomic E-state index is 13.7. The van der Waals surface area contributed by atoms with Crippen molar-refractivity contribution in [1.82, 2.24) is 36.6 Å². The molecule has 4 amide bonds. The van der Waals surface area contributed by atoms with Crippen molar-refractivity contribution in [1.29, 1.82) is 0 Å². The summed E-state index contributed by atoms with van der Waals surface area (Å²) in [4.78, 5) is 51.5. The van der Waals surface area contributed by atoms with Crippen LogP contribution in [0.3, 0.4) is 0 Å². The van der Waals surface area contributed by atoms with Crippen molar-refractivity contribution < 1.29 is 23.9 Å². The zero-order chi connectivity index (χ0) is 36.5. The minimum absolute atomic E-state index is 0.141. The van der Waals surface area contributed by atoms with Crippen LogP contribution in [0.5, 0.6) is 0 Å². The molecule has 1 saturated carbocycles. The number of benzene rings is 3. The Hall–Kier alpha value is -5.59. The van der Waals surface area contributed by atoms with E-state index in [0.29, 0.717) is 36.5 Å². The number of aryl methyl sites for hydroxylation is 1. The van der Waals surface area contributed by atoms with Crippen LogP contribution in [0, 0.1) is 18.8 Å². The van der Waals surface area contributed by atoms with Gasteiger partial charge in [-0.1, -0.05) is 30.3 Å². The van der Waals surface area contributed by atoms with Crippen LogP contribution in [-0.4, -0.2) is 69.7 Å². The molecule has 1 aliphatic carbocycles. The average Bonchev–Trinajstić information content (AvgIpc) is 3.65. The molecule has 1 atom stereocenters. The molecule has 1 heterocycles. The summed E-state index contributed by atoms with van der Waals surface area (Å²) in [7, 11) is 1.60. The summed E-state index contributed by atoms with van der Waals surface area (Å²) in [6.07, 6.45) is 2.71. The monoisotopic (exact) mass is 694 g/mol. The van der Waals surface area contributed by atoms with Gasteiger partial charge in [-0.05, 0) is 123 Å². The van der Waals surface area contributed by atoms with Crippen molar-refractivity contribution in [2.75, 3.05) is 18.9 Å². The molecular formula is C38H46N8O5. The topological polar surface area (TPSA) is 180 Å². The van der Waals surface area contributed by atoms with Gasteiger partial charge in [-0.2, -0.15) is 5.21 Å². The number of aromatic nitrogens is 4. The largest absolute Gasteiger partial charge is 0.444 e. The zero-order valence-corrected chi connectivity index (χ0v) is 29.7. The first kappa shape index (κ1) is 36.7. The van der Waals surface area contributed by atoms with Gasteiger partial charge in [0, 0.05) is 42.7 Å². The number of nitrogens with zero attached hydrogens (tertiary/aromatic N) is 3. The van der Waals surface area contributed by atoms with Crippen LogP contribution in [-0.2, 0) is 20.7 Å². The van der Waals surface area contributed by atoms with Gasteiger partial charge in [0.05, 0.1) is 0 Å². The molecule has 0 aliphatic heterocycles. The number of H-pyrrole nitrogens is 1. The van der Waals surface area contributed by atoms with E-state index in [9.17, 15) is 19.2 Å². The fraction of sp³-hybridized carbons (Fsp3) is 0.395. The Balaban J connectivity index is 1.25. The third kappa shape index (κ3) is 10.2. The number of hydrogen-bond acceptors (Lipinski definition) is 8. The van der Waals surface area contributed by atoms with Crippen LogP contribution in [0.15, 0.2) is 66.7 Å².